The summed E-state index contributed by atoms with van der Waals surface area (Å²) in [4.78, 5) is 63.2. The van der Waals surface area contributed by atoms with Crippen molar-refractivity contribution < 1.29 is 56.8 Å². The maximum atomic E-state index is 13.6. The van der Waals surface area contributed by atoms with Crippen LogP contribution in [0.1, 0.15) is 103 Å². The largest absolute Gasteiger partial charge is 0.481 e. The smallest absolute Gasteiger partial charge is 0.405 e. The number of carboxylic acids is 1. The van der Waals surface area contributed by atoms with Gasteiger partial charge in [0.05, 0.1) is 19.4 Å². The lowest BCUT2D eigenvalue weighted by atomic mass is 9.82. The number of ether oxygens (including phenoxy) is 2. The fraction of sp³-hybridized carbons (Fsp3) is 0.605. The molecule has 0 aliphatic carbocycles. The van der Waals surface area contributed by atoms with Crippen molar-refractivity contribution in [3.8, 4) is 17.6 Å². The summed E-state index contributed by atoms with van der Waals surface area (Å²) in [7, 11) is 1.08. The van der Waals surface area contributed by atoms with E-state index in [1.165, 1.54) is 11.4 Å². The Bertz CT molecular complexity index is 1370. The molecule has 0 aliphatic rings. The number of alkyl halides is 3. The minimum Gasteiger partial charge on any atom is -0.481 e. The molecule has 2 amide bonds. The zero-order valence-corrected chi connectivity index (χ0v) is 30.3. The SMILES string of the molecule is CC#CCOc1ccc(C[C@H](NC(=O)[C@@H](/C=C/CCCCCCC(=O)CCCCCCC)[C@@](O)(CC(=O)NCC(F)(F)F)C(=O)O)C(=O)OC)cc1. The first-order chi connectivity index (χ1) is 24.7. The summed E-state index contributed by atoms with van der Waals surface area (Å²) in [5.74, 6) is -1.40. The van der Waals surface area contributed by atoms with Crippen LogP contribution in [0.25, 0.3) is 0 Å². The number of carbonyl (C=O) groups is 5. The number of methoxy groups -OCH3 is 1. The third kappa shape index (κ3) is 18.7. The average Bonchev–Trinajstić information content (AvgIpc) is 3.09. The molecule has 1 rings (SSSR count). The number of hydrogen-bond acceptors (Lipinski definition) is 8. The summed E-state index contributed by atoms with van der Waals surface area (Å²) >= 11 is 0. The van der Waals surface area contributed by atoms with Crippen LogP contribution in [-0.4, -0.2) is 77.8 Å². The van der Waals surface area contributed by atoms with Crippen LogP contribution < -0.4 is 15.4 Å². The summed E-state index contributed by atoms with van der Waals surface area (Å²) in [6.07, 6.45) is 5.71. The van der Waals surface area contributed by atoms with Crippen molar-refractivity contribution in [1.29, 1.82) is 0 Å². The third-order valence-electron chi connectivity index (χ3n) is 8.20. The zero-order chi connectivity index (χ0) is 39.0. The molecule has 52 heavy (non-hydrogen) atoms. The lowest BCUT2D eigenvalue weighted by Crippen LogP contribution is -2.56. The lowest BCUT2D eigenvalue weighted by Gasteiger charge is -2.30. The molecule has 1 aromatic carbocycles. The van der Waals surface area contributed by atoms with E-state index in [1.54, 1.807) is 31.2 Å². The van der Waals surface area contributed by atoms with E-state index in [0.717, 1.165) is 51.7 Å². The summed E-state index contributed by atoms with van der Waals surface area (Å²) in [6, 6.07) is 5.10. The number of unbranched alkanes of at least 4 members (excludes halogenated alkanes) is 8. The number of ketones is 1. The number of esters is 1. The Balaban J connectivity index is 3.06. The molecule has 0 saturated heterocycles. The number of halogens is 3. The summed E-state index contributed by atoms with van der Waals surface area (Å²) in [5, 5.41) is 25.1. The fourth-order valence-electron chi connectivity index (χ4n) is 5.26. The van der Waals surface area contributed by atoms with Crippen LogP contribution in [0, 0.1) is 17.8 Å². The van der Waals surface area contributed by atoms with Crippen LogP contribution in [0.15, 0.2) is 36.4 Å². The fourth-order valence-corrected chi connectivity index (χ4v) is 5.26. The molecule has 0 aromatic heterocycles. The van der Waals surface area contributed by atoms with Crippen molar-refractivity contribution in [3.05, 3.63) is 42.0 Å². The van der Waals surface area contributed by atoms with Gasteiger partial charge in [0.15, 0.2) is 5.60 Å². The number of hydrogen-bond donors (Lipinski definition) is 4. The molecule has 3 atom stereocenters. The minimum atomic E-state index is -4.81. The van der Waals surface area contributed by atoms with Crippen LogP contribution in [0.2, 0.25) is 0 Å². The highest BCUT2D eigenvalue weighted by molar-refractivity contribution is 5.95. The van der Waals surface area contributed by atoms with Crippen molar-refractivity contribution in [2.45, 2.75) is 122 Å². The summed E-state index contributed by atoms with van der Waals surface area (Å²) in [6.45, 7) is 2.18. The Labute approximate surface area is 304 Å². The molecule has 4 N–H and O–H groups in total. The second-order valence-corrected chi connectivity index (χ2v) is 12.5. The second kappa shape index (κ2) is 24.7. The maximum Gasteiger partial charge on any atom is 0.405 e. The number of nitrogens with one attached hydrogen (secondary N) is 2. The lowest BCUT2D eigenvalue weighted by molar-refractivity contribution is -0.170. The van der Waals surface area contributed by atoms with E-state index in [2.05, 4.69) is 24.1 Å². The number of amides is 2. The summed E-state index contributed by atoms with van der Waals surface area (Å²) in [5.41, 5.74) is -2.64. The van der Waals surface area contributed by atoms with Crippen molar-refractivity contribution in [2.75, 3.05) is 20.3 Å². The molecule has 11 nitrogen and oxygen atoms in total. The highest BCUT2D eigenvalue weighted by Crippen LogP contribution is 2.26. The Kier molecular flexibility index (Phi) is 21.7. The third-order valence-corrected chi connectivity index (χ3v) is 8.20. The Morgan fingerprint density at radius 1 is 0.942 bits per heavy atom. The molecule has 14 heteroatoms. The number of carboxylic acid groups (broad SMARTS) is 1. The first-order valence-corrected chi connectivity index (χ1v) is 17.6. The van der Waals surface area contributed by atoms with Gasteiger partial charge in [-0.1, -0.05) is 75.7 Å². The summed E-state index contributed by atoms with van der Waals surface area (Å²) < 4.78 is 48.5. The molecule has 0 bridgehead atoms. The second-order valence-electron chi connectivity index (χ2n) is 12.5. The van der Waals surface area contributed by atoms with Gasteiger partial charge in [-0.05, 0) is 50.3 Å². The zero-order valence-electron chi connectivity index (χ0n) is 30.3. The molecule has 0 saturated carbocycles. The molecule has 0 unspecified atom stereocenters. The Morgan fingerprint density at radius 2 is 1.56 bits per heavy atom. The standard InChI is InChI=1S/C38H53F3N2O9/c1-4-6-8-11-14-17-29(44)18-15-12-9-10-13-16-19-31(37(50,36(48)49)26-33(45)42-27-38(39,40)41)34(46)43-32(35(47)51-3)25-28-20-22-30(23-21-28)52-24-7-5-2/h16,19-23,31-32,50H,4,6,8-15,17-18,24-27H2,1-3H3,(H,42,45)(H,43,46)(H,48,49)/b19-16+/t31-,32+,37+/m1/s1. The normalized spacial score (nSPS) is 13.6. The maximum absolute atomic E-state index is 13.6. The van der Waals surface area contributed by atoms with E-state index in [1.807, 2.05) is 0 Å². The number of Topliss-reactive ketones (excluding diaryl/α,β-unsaturated/α-hetero) is 1. The quantitative estimate of drug-likeness (QED) is 0.0409. The molecular formula is C38H53F3N2O9. The Morgan fingerprint density at radius 3 is 2.12 bits per heavy atom. The number of carbonyl (C=O) groups excluding carboxylic acids is 4. The number of benzene rings is 1. The van der Waals surface area contributed by atoms with Crippen molar-refractivity contribution in [2.24, 2.45) is 5.92 Å². The monoisotopic (exact) mass is 738 g/mol. The number of aliphatic carboxylic acids is 1. The number of aliphatic hydroxyl groups is 1. The van der Waals surface area contributed by atoms with Gasteiger partial charge in [0.25, 0.3) is 0 Å². The van der Waals surface area contributed by atoms with Crippen molar-refractivity contribution >= 4 is 29.5 Å². The van der Waals surface area contributed by atoms with E-state index >= 15 is 0 Å². The van der Waals surface area contributed by atoms with Crippen molar-refractivity contribution in [3.63, 3.8) is 0 Å². The van der Waals surface area contributed by atoms with Crippen LogP contribution >= 0.6 is 0 Å². The first-order valence-electron chi connectivity index (χ1n) is 17.6. The van der Waals surface area contributed by atoms with E-state index < -0.39 is 60.5 Å². The van der Waals surface area contributed by atoms with Gasteiger partial charge in [-0.15, -0.1) is 5.92 Å². The van der Waals surface area contributed by atoms with Crippen LogP contribution in [0.3, 0.4) is 0 Å². The predicted octanol–water partition coefficient (Wildman–Crippen LogP) is 5.62. The van der Waals surface area contributed by atoms with Gasteiger partial charge >= 0.3 is 18.1 Å². The molecule has 0 radical (unpaired) electrons. The topological polar surface area (TPSA) is 168 Å². The van der Waals surface area contributed by atoms with Crippen molar-refractivity contribution in [1.82, 2.24) is 10.6 Å². The van der Waals surface area contributed by atoms with Gasteiger partial charge in [-0.3, -0.25) is 14.4 Å². The van der Waals surface area contributed by atoms with Gasteiger partial charge in [-0.25, -0.2) is 9.59 Å². The molecule has 0 heterocycles. The van der Waals surface area contributed by atoms with Gasteiger partial charge < -0.3 is 30.3 Å². The van der Waals surface area contributed by atoms with E-state index in [0.29, 0.717) is 49.8 Å². The first kappa shape index (κ1) is 45.6. The molecule has 0 fully saturated rings. The van der Waals surface area contributed by atoms with Gasteiger partial charge in [0.2, 0.25) is 11.8 Å². The van der Waals surface area contributed by atoms with Crippen LogP contribution in [0.5, 0.6) is 5.75 Å². The average molecular weight is 739 g/mol. The molecule has 290 valence electrons. The number of rotatable bonds is 26. The van der Waals surface area contributed by atoms with Gasteiger partial charge in [0, 0.05) is 19.3 Å². The highest BCUT2D eigenvalue weighted by Gasteiger charge is 2.49. The van der Waals surface area contributed by atoms with Gasteiger partial charge in [-0.2, -0.15) is 13.2 Å². The predicted molar refractivity (Wildman–Crippen MR) is 188 cm³/mol. The van der Waals surface area contributed by atoms with Crippen LogP contribution in [0.4, 0.5) is 13.2 Å². The molecular weight excluding hydrogens is 685 g/mol. The molecule has 0 spiro atoms. The van der Waals surface area contributed by atoms with Gasteiger partial charge in [0.1, 0.15) is 30.7 Å². The number of allylic oxidation sites excluding steroid dienone is 1. The van der Waals surface area contributed by atoms with E-state index in [9.17, 15) is 47.4 Å². The van der Waals surface area contributed by atoms with E-state index in [-0.39, 0.29) is 18.8 Å². The minimum absolute atomic E-state index is 0.122. The Hall–Kier alpha value is -4.38. The highest BCUT2D eigenvalue weighted by atomic mass is 19.4. The molecule has 1 aromatic rings. The molecule has 0 aliphatic heterocycles. The van der Waals surface area contributed by atoms with Crippen LogP contribution in [-0.2, 0) is 35.1 Å². The van der Waals surface area contributed by atoms with E-state index in [4.69, 9.17) is 9.47 Å².